The van der Waals surface area contributed by atoms with E-state index in [4.69, 9.17) is 0 Å². The summed E-state index contributed by atoms with van der Waals surface area (Å²) in [6, 6.07) is 0. The van der Waals surface area contributed by atoms with E-state index < -0.39 is 0 Å². The molecular weight excluding hydrogens is 160 g/mol. The van der Waals surface area contributed by atoms with Gasteiger partial charge in [-0.05, 0) is 25.8 Å². The molecule has 0 amide bonds. The van der Waals surface area contributed by atoms with Crippen LogP contribution < -0.4 is 0 Å². The van der Waals surface area contributed by atoms with E-state index in [-0.39, 0.29) is 0 Å². The van der Waals surface area contributed by atoms with Crippen LogP contribution in [-0.2, 0) is 0 Å². The molecule has 0 spiro atoms. The van der Waals surface area contributed by atoms with Crippen molar-refractivity contribution in [1.29, 1.82) is 0 Å². The van der Waals surface area contributed by atoms with Crippen molar-refractivity contribution in [3.8, 4) is 0 Å². The van der Waals surface area contributed by atoms with Crippen LogP contribution in [0.25, 0.3) is 6.08 Å². The van der Waals surface area contributed by atoms with Crippen LogP contribution >= 0.6 is 0 Å². The molecular formula is C11H16N2. The summed E-state index contributed by atoms with van der Waals surface area (Å²) < 4.78 is 0. The van der Waals surface area contributed by atoms with E-state index in [1.54, 1.807) is 12.4 Å². The Kier molecular flexibility index (Phi) is 3.62. The summed E-state index contributed by atoms with van der Waals surface area (Å²) in [5.41, 5.74) is 3.36. The molecule has 1 aromatic heterocycles. The average Bonchev–Trinajstić information content (AvgIpc) is 2.14. The van der Waals surface area contributed by atoms with Crippen LogP contribution in [0, 0.1) is 6.92 Å². The smallest absolute Gasteiger partial charge is 0.0815 e. The monoisotopic (exact) mass is 176 g/mol. The van der Waals surface area contributed by atoms with Crippen molar-refractivity contribution < 1.29 is 0 Å². The van der Waals surface area contributed by atoms with Gasteiger partial charge in [-0.3, -0.25) is 9.97 Å². The SMILES string of the molecule is CCC(=Cc1cncc(C)n1)CC. The molecule has 0 aliphatic heterocycles. The van der Waals surface area contributed by atoms with Crippen molar-refractivity contribution in [3.63, 3.8) is 0 Å². The van der Waals surface area contributed by atoms with Crippen molar-refractivity contribution in [2.24, 2.45) is 0 Å². The lowest BCUT2D eigenvalue weighted by molar-refractivity contribution is 0.984. The molecule has 0 saturated carbocycles. The van der Waals surface area contributed by atoms with Gasteiger partial charge in [0.15, 0.2) is 0 Å². The summed E-state index contributed by atoms with van der Waals surface area (Å²) >= 11 is 0. The van der Waals surface area contributed by atoms with E-state index in [0.29, 0.717) is 0 Å². The van der Waals surface area contributed by atoms with Crippen LogP contribution in [0.1, 0.15) is 38.1 Å². The fourth-order valence-corrected chi connectivity index (χ4v) is 1.22. The third kappa shape index (κ3) is 2.98. The van der Waals surface area contributed by atoms with Gasteiger partial charge in [-0.15, -0.1) is 0 Å². The first kappa shape index (κ1) is 9.90. The molecule has 0 aliphatic carbocycles. The van der Waals surface area contributed by atoms with Gasteiger partial charge < -0.3 is 0 Å². The van der Waals surface area contributed by atoms with Crippen LogP contribution in [0.15, 0.2) is 18.0 Å². The second kappa shape index (κ2) is 4.75. The Bertz CT molecular complexity index is 297. The van der Waals surface area contributed by atoms with Gasteiger partial charge in [-0.25, -0.2) is 0 Å². The van der Waals surface area contributed by atoms with Crippen molar-refractivity contribution in [2.45, 2.75) is 33.6 Å². The Morgan fingerprint density at radius 3 is 2.54 bits per heavy atom. The molecule has 1 aromatic rings. The predicted molar refractivity (Wildman–Crippen MR) is 55.3 cm³/mol. The zero-order valence-corrected chi connectivity index (χ0v) is 8.54. The predicted octanol–water partition coefficient (Wildman–Crippen LogP) is 2.99. The molecule has 2 nitrogen and oxygen atoms in total. The number of nitrogens with zero attached hydrogens (tertiary/aromatic N) is 2. The number of hydrogen-bond donors (Lipinski definition) is 0. The molecule has 0 atom stereocenters. The number of aromatic nitrogens is 2. The maximum Gasteiger partial charge on any atom is 0.0815 e. The molecule has 0 radical (unpaired) electrons. The van der Waals surface area contributed by atoms with Gasteiger partial charge in [0.2, 0.25) is 0 Å². The number of hydrogen-bond acceptors (Lipinski definition) is 2. The summed E-state index contributed by atoms with van der Waals surface area (Å²) in [5.74, 6) is 0. The molecule has 0 aromatic carbocycles. The summed E-state index contributed by atoms with van der Waals surface area (Å²) in [7, 11) is 0. The summed E-state index contributed by atoms with van der Waals surface area (Å²) in [6.07, 6.45) is 7.88. The first-order chi connectivity index (χ1) is 6.26. The highest BCUT2D eigenvalue weighted by Crippen LogP contribution is 2.10. The van der Waals surface area contributed by atoms with Crippen LogP contribution in [-0.4, -0.2) is 9.97 Å². The Labute approximate surface area is 79.7 Å². The highest BCUT2D eigenvalue weighted by Gasteiger charge is 1.94. The quantitative estimate of drug-likeness (QED) is 0.707. The second-order valence-electron chi connectivity index (χ2n) is 3.10. The van der Waals surface area contributed by atoms with Gasteiger partial charge >= 0.3 is 0 Å². The molecule has 0 saturated heterocycles. The third-order valence-corrected chi connectivity index (χ3v) is 2.03. The lowest BCUT2D eigenvalue weighted by Crippen LogP contribution is -1.88. The zero-order valence-electron chi connectivity index (χ0n) is 8.54. The Hall–Kier alpha value is -1.18. The zero-order chi connectivity index (χ0) is 9.68. The number of allylic oxidation sites excluding steroid dienone is 1. The normalized spacial score (nSPS) is 9.77. The number of rotatable bonds is 3. The minimum atomic E-state index is 0.971. The van der Waals surface area contributed by atoms with Crippen molar-refractivity contribution in [2.75, 3.05) is 0 Å². The molecule has 13 heavy (non-hydrogen) atoms. The van der Waals surface area contributed by atoms with E-state index in [9.17, 15) is 0 Å². The van der Waals surface area contributed by atoms with Crippen LogP contribution in [0.5, 0.6) is 0 Å². The fraction of sp³-hybridized carbons (Fsp3) is 0.455. The van der Waals surface area contributed by atoms with Crippen LogP contribution in [0.2, 0.25) is 0 Å². The van der Waals surface area contributed by atoms with E-state index in [2.05, 4.69) is 29.9 Å². The van der Waals surface area contributed by atoms with Crippen molar-refractivity contribution in [1.82, 2.24) is 9.97 Å². The van der Waals surface area contributed by atoms with Crippen molar-refractivity contribution >= 4 is 6.08 Å². The van der Waals surface area contributed by atoms with E-state index in [1.165, 1.54) is 5.57 Å². The Morgan fingerprint density at radius 2 is 2.00 bits per heavy atom. The van der Waals surface area contributed by atoms with E-state index >= 15 is 0 Å². The fourth-order valence-electron chi connectivity index (χ4n) is 1.22. The van der Waals surface area contributed by atoms with E-state index in [1.807, 2.05) is 6.92 Å². The standard InChI is InChI=1S/C11H16N2/c1-4-10(5-2)6-11-8-12-7-9(3)13-11/h6-8H,4-5H2,1-3H3. The molecule has 0 N–H and O–H groups in total. The average molecular weight is 176 g/mol. The van der Waals surface area contributed by atoms with Crippen LogP contribution in [0.3, 0.4) is 0 Å². The van der Waals surface area contributed by atoms with E-state index in [0.717, 1.165) is 24.2 Å². The highest BCUT2D eigenvalue weighted by molar-refractivity contribution is 5.47. The largest absolute Gasteiger partial charge is 0.261 e. The van der Waals surface area contributed by atoms with Gasteiger partial charge in [0.1, 0.15) is 0 Å². The minimum absolute atomic E-state index is 0.971. The molecule has 2 heteroatoms. The minimum Gasteiger partial charge on any atom is -0.261 e. The lowest BCUT2D eigenvalue weighted by Gasteiger charge is -1.99. The summed E-state index contributed by atoms with van der Waals surface area (Å²) in [4.78, 5) is 8.47. The Morgan fingerprint density at radius 1 is 1.31 bits per heavy atom. The molecule has 1 rings (SSSR count). The summed E-state index contributed by atoms with van der Waals surface area (Å²) in [5, 5.41) is 0. The topological polar surface area (TPSA) is 25.8 Å². The van der Waals surface area contributed by atoms with Gasteiger partial charge in [0.05, 0.1) is 17.6 Å². The van der Waals surface area contributed by atoms with Crippen molar-refractivity contribution in [3.05, 3.63) is 29.4 Å². The van der Waals surface area contributed by atoms with Gasteiger partial charge in [-0.2, -0.15) is 0 Å². The molecule has 1 heterocycles. The molecule has 70 valence electrons. The lowest BCUT2D eigenvalue weighted by atomic mass is 10.1. The number of aryl methyl sites for hydroxylation is 1. The molecule has 0 unspecified atom stereocenters. The molecule has 0 aliphatic rings. The Balaban J connectivity index is 2.89. The maximum absolute atomic E-state index is 4.37. The van der Waals surface area contributed by atoms with Gasteiger partial charge in [-0.1, -0.05) is 19.4 Å². The molecule has 0 fully saturated rings. The van der Waals surface area contributed by atoms with Gasteiger partial charge in [0.25, 0.3) is 0 Å². The van der Waals surface area contributed by atoms with Crippen LogP contribution in [0.4, 0.5) is 0 Å². The molecule has 0 bridgehead atoms. The highest BCUT2D eigenvalue weighted by atomic mass is 14.8. The third-order valence-electron chi connectivity index (χ3n) is 2.03. The van der Waals surface area contributed by atoms with Gasteiger partial charge in [0, 0.05) is 6.20 Å². The first-order valence-corrected chi connectivity index (χ1v) is 4.74. The first-order valence-electron chi connectivity index (χ1n) is 4.74. The second-order valence-corrected chi connectivity index (χ2v) is 3.10. The summed E-state index contributed by atoms with van der Waals surface area (Å²) in [6.45, 7) is 6.29. The maximum atomic E-state index is 4.37.